The Morgan fingerprint density at radius 2 is 1.89 bits per heavy atom. The lowest BCUT2D eigenvalue weighted by Crippen LogP contribution is -2.30. The summed E-state index contributed by atoms with van der Waals surface area (Å²) in [7, 11) is 2.09. The van der Waals surface area contributed by atoms with E-state index < -0.39 is 0 Å². The molecular formula is C16H19NS. The molecule has 0 aromatic heterocycles. The summed E-state index contributed by atoms with van der Waals surface area (Å²) < 4.78 is 0. The van der Waals surface area contributed by atoms with Crippen molar-refractivity contribution in [1.82, 2.24) is 5.32 Å². The lowest BCUT2D eigenvalue weighted by atomic mass is 10.1. The Bertz CT molecular complexity index is 537. The molecule has 0 amide bonds. The van der Waals surface area contributed by atoms with Crippen molar-refractivity contribution >= 4 is 22.5 Å². The van der Waals surface area contributed by atoms with Crippen molar-refractivity contribution in [3.63, 3.8) is 0 Å². The van der Waals surface area contributed by atoms with Crippen LogP contribution >= 0.6 is 11.8 Å². The Hall–Kier alpha value is -0.990. The smallest absolute Gasteiger partial charge is 0.0248 e. The van der Waals surface area contributed by atoms with Gasteiger partial charge in [-0.1, -0.05) is 36.8 Å². The lowest BCUT2D eigenvalue weighted by Gasteiger charge is -2.18. The topological polar surface area (TPSA) is 12.0 Å². The van der Waals surface area contributed by atoms with E-state index in [2.05, 4.69) is 54.8 Å². The molecular weight excluding hydrogens is 238 g/mol. The number of thioether (sulfide) groups is 1. The highest BCUT2D eigenvalue weighted by molar-refractivity contribution is 8.00. The number of rotatable bonds is 3. The fourth-order valence-corrected chi connectivity index (χ4v) is 4.22. The highest BCUT2D eigenvalue weighted by Gasteiger charge is 2.26. The van der Waals surface area contributed by atoms with E-state index in [-0.39, 0.29) is 0 Å². The third-order valence-corrected chi connectivity index (χ3v) is 5.22. The van der Waals surface area contributed by atoms with Gasteiger partial charge in [-0.25, -0.2) is 0 Å². The molecule has 3 rings (SSSR count). The quantitative estimate of drug-likeness (QED) is 0.889. The summed E-state index contributed by atoms with van der Waals surface area (Å²) in [6.07, 6.45) is 4.02. The van der Waals surface area contributed by atoms with E-state index in [1.807, 2.05) is 11.8 Å². The molecule has 94 valence electrons. The van der Waals surface area contributed by atoms with Crippen molar-refractivity contribution in [3.8, 4) is 0 Å². The molecule has 0 saturated heterocycles. The van der Waals surface area contributed by atoms with E-state index in [1.54, 1.807) is 0 Å². The Kier molecular flexibility index (Phi) is 3.57. The van der Waals surface area contributed by atoms with Gasteiger partial charge in [0.25, 0.3) is 0 Å². The first-order valence-electron chi connectivity index (χ1n) is 6.69. The summed E-state index contributed by atoms with van der Waals surface area (Å²) in [5.74, 6) is 0. The molecule has 1 aliphatic rings. The zero-order valence-electron chi connectivity index (χ0n) is 10.7. The Balaban J connectivity index is 1.82. The zero-order chi connectivity index (χ0) is 12.4. The van der Waals surface area contributed by atoms with Gasteiger partial charge >= 0.3 is 0 Å². The molecule has 0 aliphatic heterocycles. The van der Waals surface area contributed by atoms with Gasteiger partial charge in [0.05, 0.1) is 0 Å². The van der Waals surface area contributed by atoms with Crippen molar-refractivity contribution in [3.05, 3.63) is 42.5 Å². The molecule has 2 aromatic carbocycles. The van der Waals surface area contributed by atoms with Crippen molar-refractivity contribution < 1.29 is 0 Å². The van der Waals surface area contributed by atoms with Crippen LogP contribution in [-0.2, 0) is 0 Å². The molecule has 2 unspecified atom stereocenters. The molecule has 1 fully saturated rings. The fraction of sp³-hybridized carbons (Fsp3) is 0.375. The molecule has 0 radical (unpaired) electrons. The third kappa shape index (κ3) is 2.40. The van der Waals surface area contributed by atoms with Crippen LogP contribution in [0, 0.1) is 0 Å². The van der Waals surface area contributed by atoms with Gasteiger partial charge in [0.15, 0.2) is 0 Å². The number of nitrogens with one attached hydrogen (secondary N) is 1. The van der Waals surface area contributed by atoms with E-state index in [4.69, 9.17) is 0 Å². The standard InChI is InChI=1S/C16H19NS/c1-17-15-7-4-8-16(15)18-14-10-9-12-5-2-3-6-13(12)11-14/h2-3,5-6,9-11,15-17H,4,7-8H2,1H3. The van der Waals surface area contributed by atoms with Crippen molar-refractivity contribution in [2.75, 3.05) is 7.05 Å². The highest BCUT2D eigenvalue weighted by atomic mass is 32.2. The normalized spacial score (nSPS) is 23.6. The van der Waals surface area contributed by atoms with E-state index in [1.165, 1.54) is 34.9 Å². The maximum atomic E-state index is 3.45. The van der Waals surface area contributed by atoms with E-state index in [0.717, 1.165) is 5.25 Å². The lowest BCUT2D eigenvalue weighted by molar-refractivity contribution is 0.591. The van der Waals surface area contributed by atoms with Gasteiger partial charge in [0.1, 0.15) is 0 Å². The van der Waals surface area contributed by atoms with Crippen LogP contribution in [0.25, 0.3) is 10.8 Å². The molecule has 1 N–H and O–H groups in total. The molecule has 2 aromatic rings. The van der Waals surface area contributed by atoms with Crippen molar-refractivity contribution in [2.24, 2.45) is 0 Å². The third-order valence-electron chi connectivity index (χ3n) is 3.83. The molecule has 0 spiro atoms. The zero-order valence-corrected chi connectivity index (χ0v) is 11.5. The molecule has 2 atom stereocenters. The Labute approximate surface area is 113 Å². The van der Waals surface area contributed by atoms with Crippen LogP contribution in [0.2, 0.25) is 0 Å². The van der Waals surface area contributed by atoms with Crippen LogP contribution < -0.4 is 5.32 Å². The predicted molar refractivity (Wildman–Crippen MR) is 80.3 cm³/mol. The maximum absolute atomic E-state index is 3.45. The summed E-state index contributed by atoms with van der Waals surface area (Å²) in [4.78, 5) is 1.40. The van der Waals surface area contributed by atoms with Gasteiger partial charge in [-0.05, 0) is 42.8 Å². The van der Waals surface area contributed by atoms with Crippen molar-refractivity contribution in [2.45, 2.75) is 35.4 Å². The van der Waals surface area contributed by atoms with Crippen LogP contribution in [0.1, 0.15) is 19.3 Å². The minimum atomic E-state index is 0.682. The summed E-state index contributed by atoms with van der Waals surface area (Å²) in [5.41, 5.74) is 0. The number of fused-ring (bicyclic) bond motifs is 1. The number of benzene rings is 2. The van der Waals surface area contributed by atoms with E-state index >= 15 is 0 Å². The second-order valence-corrected chi connectivity index (χ2v) is 6.30. The van der Waals surface area contributed by atoms with Crippen LogP contribution in [0.3, 0.4) is 0 Å². The Morgan fingerprint density at radius 1 is 1.06 bits per heavy atom. The van der Waals surface area contributed by atoms with E-state index in [9.17, 15) is 0 Å². The van der Waals surface area contributed by atoms with Crippen LogP contribution in [0.4, 0.5) is 0 Å². The fourth-order valence-electron chi connectivity index (χ4n) is 2.81. The van der Waals surface area contributed by atoms with E-state index in [0.29, 0.717) is 6.04 Å². The van der Waals surface area contributed by atoms with Gasteiger partial charge in [-0.3, -0.25) is 0 Å². The molecule has 0 bridgehead atoms. The summed E-state index contributed by atoms with van der Waals surface area (Å²) in [5, 5.41) is 6.86. The van der Waals surface area contributed by atoms with Gasteiger partial charge < -0.3 is 5.32 Å². The minimum Gasteiger partial charge on any atom is -0.316 e. The summed E-state index contributed by atoms with van der Waals surface area (Å²) in [6, 6.07) is 16.1. The first-order valence-corrected chi connectivity index (χ1v) is 7.57. The van der Waals surface area contributed by atoms with Gasteiger partial charge in [-0.15, -0.1) is 11.8 Å². The monoisotopic (exact) mass is 257 g/mol. The molecule has 1 aliphatic carbocycles. The molecule has 1 nitrogen and oxygen atoms in total. The van der Waals surface area contributed by atoms with Gasteiger partial charge in [0.2, 0.25) is 0 Å². The van der Waals surface area contributed by atoms with Crippen molar-refractivity contribution in [1.29, 1.82) is 0 Å². The number of hydrogen-bond acceptors (Lipinski definition) is 2. The maximum Gasteiger partial charge on any atom is 0.0248 e. The number of hydrogen-bond donors (Lipinski definition) is 1. The molecule has 0 heterocycles. The summed E-state index contributed by atoms with van der Waals surface area (Å²) >= 11 is 2.04. The van der Waals surface area contributed by atoms with Crippen LogP contribution in [0.15, 0.2) is 47.4 Å². The second-order valence-electron chi connectivity index (χ2n) is 4.99. The Morgan fingerprint density at radius 3 is 2.72 bits per heavy atom. The molecule has 1 saturated carbocycles. The average molecular weight is 257 g/mol. The predicted octanol–water partition coefficient (Wildman–Crippen LogP) is 4.07. The first kappa shape index (κ1) is 12.1. The first-order chi connectivity index (χ1) is 8.86. The van der Waals surface area contributed by atoms with Gasteiger partial charge in [0, 0.05) is 16.2 Å². The second kappa shape index (κ2) is 5.33. The van der Waals surface area contributed by atoms with Crippen LogP contribution in [0.5, 0.6) is 0 Å². The largest absolute Gasteiger partial charge is 0.316 e. The van der Waals surface area contributed by atoms with Crippen LogP contribution in [-0.4, -0.2) is 18.3 Å². The van der Waals surface area contributed by atoms with Gasteiger partial charge in [-0.2, -0.15) is 0 Å². The summed E-state index contributed by atoms with van der Waals surface area (Å²) in [6.45, 7) is 0. The average Bonchev–Trinajstić information content (AvgIpc) is 2.86. The highest BCUT2D eigenvalue weighted by Crippen LogP contribution is 2.35. The minimum absolute atomic E-state index is 0.682. The molecule has 2 heteroatoms. The molecule has 18 heavy (non-hydrogen) atoms. The SMILES string of the molecule is CNC1CCCC1Sc1ccc2ccccc2c1.